The van der Waals surface area contributed by atoms with Gasteiger partial charge in [-0.15, -0.1) is 0 Å². The van der Waals surface area contributed by atoms with Crippen molar-refractivity contribution in [2.75, 3.05) is 6.35 Å². The average molecular weight is 338 g/mol. The van der Waals surface area contributed by atoms with Gasteiger partial charge in [0, 0.05) is 21.9 Å². The van der Waals surface area contributed by atoms with Gasteiger partial charge in [-0.3, -0.25) is 8.93 Å². The lowest BCUT2D eigenvalue weighted by atomic mass is 10.4. The second-order valence-corrected chi connectivity index (χ2v) is 7.75. The molecule has 8 heteroatoms. The summed E-state index contributed by atoms with van der Waals surface area (Å²) in [6.45, 7) is 0. The highest BCUT2D eigenvalue weighted by Gasteiger charge is 2.29. The maximum Gasteiger partial charge on any atom is 0.418 e. The van der Waals surface area contributed by atoms with Crippen LogP contribution in [0.2, 0.25) is 0 Å². The summed E-state index contributed by atoms with van der Waals surface area (Å²) >= 11 is -2.78. The third-order valence-corrected chi connectivity index (χ3v) is 5.98. The van der Waals surface area contributed by atoms with Crippen LogP contribution in [0.1, 0.15) is 0 Å². The highest BCUT2D eigenvalue weighted by Crippen LogP contribution is 2.43. The van der Waals surface area contributed by atoms with Crippen molar-refractivity contribution in [1.29, 1.82) is 0 Å². The first kappa shape index (κ1) is 16.4. The van der Waals surface area contributed by atoms with E-state index in [1.54, 1.807) is 65.4 Å². The summed E-state index contributed by atoms with van der Waals surface area (Å²) in [5, 5.41) is 1.05. The number of rotatable bonds is 5. The highest BCUT2D eigenvalue weighted by atomic mass is 32.2. The number of hydrogen-bond acceptors (Lipinski definition) is 5. The molecule has 2 aromatic rings. The first-order valence-electron chi connectivity index (χ1n) is 6.25. The van der Waals surface area contributed by atoms with E-state index in [0.29, 0.717) is 10.6 Å². The van der Waals surface area contributed by atoms with Crippen LogP contribution in [0.15, 0.2) is 60.7 Å². The van der Waals surface area contributed by atoms with E-state index in [-0.39, 0.29) is 0 Å². The van der Waals surface area contributed by atoms with Crippen molar-refractivity contribution >= 4 is 35.1 Å². The molecular weight excluding hydrogens is 325 g/mol. The molecule has 0 radical (unpaired) electrons. The molecule has 0 heterocycles. The number of benzene rings is 2. The molecule has 0 spiro atoms. The SMILES string of the molecule is O=C(NS(=O)[O-])OCP(=O)(c1ccccc1)c1ccccc1. The number of ether oxygens (including phenoxy) is 1. The third kappa shape index (κ3) is 4.04. The number of carbonyl (C=O) groups is 1. The standard InChI is InChI=1S/C14H14NO5PS/c16-14(15-22(18)19)20-11-21(17,12-7-3-1-4-8-12)13-9-5-2-6-10-13/h1-10H,11H2,(H,15,16)(H,18,19)/p-1. The minimum atomic E-state index is -3.21. The second-order valence-electron chi connectivity index (χ2n) is 4.31. The van der Waals surface area contributed by atoms with Gasteiger partial charge in [-0.05, 0) is 0 Å². The van der Waals surface area contributed by atoms with Crippen molar-refractivity contribution in [2.45, 2.75) is 0 Å². The van der Waals surface area contributed by atoms with Gasteiger partial charge in [0.25, 0.3) is 0 Å². The van der Waals surface area contributed by atoms with Crippen LogP contribution in [0.25, 0.3) is 0 Å². The summed E-state index contributed by atoms with van der Waals surface area (Å²) in [4.78, 5) is 11.3. The Morgan fingerprint density at radius 2 is 1.50 bits per heavy atom. The van der Waals surface area contributed by atoms with Crippen LogP contribution in [0, 0.1) is 0 Å². The molecule has 2 rings (SSSR count). The predicted molar refractivity (Wildman–Crippen MR) is 83.2 cm³/mol. The van der Waals surface area contributed by atoms with E-state index < -0.39 is 30.8 Å². The van der Waals surface area contributed by atoms with E-state index in [1.807, 2.05) is 0 Å². The molecule has 116 valence electrons. The zero-order valence-electron chi connectivity index (χ0n) is 11.4. The van der Waals surface area contributed by atoms with E-state index in [0.717, 1.165) is 0 Å². The van der Waals surface area contributed by atoms with Gasteiger partial charge in [0.05, 0.1) is 0 Å². The van der Waals surface area contributed by atoms with Gasteiger partial charge in [-0.2, -0.15) is 0 Å². The van der Waals surface area contributed by atoms with Gasteiger partial charge in [-0.25, -0.2) is 4.79 Å². The quantitative estimate of drug-likeness (QED) is 0.658. The maximum atomic E-state index is 13.3. The summed E-state index contributed by atoms with van der Waals surface area (Å²) in [5.41, 5.74) is 0. The van der Waals surface area contributed by atoms with E-state index in [9.17, 15) is 18.1 Å². The largest absolute Gasteiger partial charge is 0.755 e. The number of nitrogens with one attached hydrogen (secondary N) is 1. The Bertz CT molecular complexity index is 664. The van der Waals surface area contributed by atoms with E-state index in [1.165, 1.54) is 0 Å². The van der Waals surface area contributed by atoms with E-state index >= 15 is 0 Å². The molecule has 0 aromatic heterocycles. The molecular formula is C14H13NO5PS-. The molecule has 22 heavy (non-hydrogen) atoms. The summed E-state index contributed by atoms with van der Waals surface area (Å²) in [7, 11) is -3.21. The Morgan fingerprint density at radius 1 is 1.05 bits per heavy atom. The van der Waals surface area contributed by atoms with Gasteiger partial charge in [0.2, 0.25) is 0 Å². The van der Waals surface area contributed by atoms with Crippen LogP contribution >= 0.6 is 7.14 Å². The summed E-state index contributed by atoms with van der Waals surface area (Å²) in [6.07, 6.45) is -1.59. The lowest BCUT2D eigenvalue weighted by molar-refractivity contribution is 0.170. The third-order valence-electron chi connectivity index (χ3n) is 2.89. The molecule has 1 atom stereocenters. The number of hydrogen-bond donors (Lipinski definition) is 1. The van der Waals surface area contributed by atoms with Crippen LogP contribution < -0.4 is 15.3 Å². The van der Waals surface area contributed by atoms with Crippen LogP contribution in [0.4, 0.5) is 4.79 Å². The summed E-state index contributed by atoms with van der Waals surface area (Å²) in [6, 6.07) is 17.2. The zero-order valence-corrected chi connectivity index (χ0v) is 13.1. The topological polar surface area (TPSA) is 95.5 Å². The van der Waals surface area contributed by atoms with Crippen LogP contribution in [-0.4, -0.2) is 21.2 Å². The minimum Gasteiger partial charge on any atom is -0.755 e. The van der Waals surface area contributed by atoms with Crippen molar-refractivity contribution in [3.05, 3.63) is 60.7 Å². The molecule has 0 aliphatic rings. The fraction of sp³-hybridized carbons (Fsp3) is 0.0714. The molecule has 0 bridgehead atoms. The van der Waals surface area contributed by atoms with Crippen LogP contribution in [0.3, 0.4) is 0 Å². The van der Waals surface area contributed by atoms with Gasteiger partial charge >= 0.3 is 6.09 Å². The molecule has 0 saturated heterocycles. The van der Waals surface area contributed by atoms with Crippen molar-refractivity contribution < 1.29 is 22.9 Å². The number of amides is 1. The molecule has 1 amide bonds. The van der Waals surface area contributed by atoms with Crippen molar-refractivity contribution in [1.82, 2.24) is 4.72 Å². The number of carbonyl (C=O) groups excluding carboxylic acids is 1. The fourth-order valence-electron chi connectivity index (χ4n) is 1.88. The molecule has 1 N–H and O–H groups in total. The van der Waals surface area contributed by atoms with Crippen molar-refractivity contribution in [2.24, 2.45) is 0 Å². The van der Waals surface area contributed by atoms with Crippen LogP contribution in [-0.2, 0) is 20.6 Å². The molecule has 0 fully saturated rings. The first-order valence-corrected chi connectivity index (χ1v) is 9.22. The Morgan fingerprint density at radius 3 is 1.91 bits per heavy atom. The van der Waals surface area contributed by atoms with Gasteiger partial charge < -0.3 is 13.9 Å². The summed E-state index contributed by atoms with van der Waals surface area (Å²) in [5.74, 6) is 0. The Kier molecular flexibility index (Phi) is 5.49. The van der Waals surface area contributed by atoms with E-state index in [2.05, 4.69) is 0 Å². The molecule has 6 nitrogen and oxygen atoms in total. The monoisotopic (exact) mass is 338 g/mol. The van der Waals surface area contributed by atoms with Crippen molar-refractivity contribution in [3.8, 4) is 0 Å². The molecule has 1 unspecified atom stereocenters. The molecule has 2 aromatic carbocycles. The minimum absolute atomic E-state index is 0.427. The smallest absolute Gasteiger partial charge is 0.418 e. The fourth-order valence-corrected chi connectivity index (χ4v) is 4.28. The summed E-state index contributed by atoms with van der Waals surface area (Å²) < 4.78 is 40.5. The normalized spacial score (nSPS) is 12.4. The first-order chi connectivity index (χ1) is 10.5. The second kappa shape index (κ2) is 7.35. The highest BCUT2D eigenvalue weighted by molar-refractivity contribution is 7.78. The predicted octanol–water partition coefficient (Wildman–Crippen LogP) is 1.48. The molecule has 0 saturated carbocycles. The van der Waals surface area contributed by atoms with Crippen molar-refractivity contribution in [3.63, 3.8) is 0 Å². The molecule has 0 aliphatic carbocycles. The average Bonchev–Trinajstić information content (AvgIpc) is 2.54. The maximum absolute atomic E-state index is 13.3. The van der Waals surface area contributed by atoms with Gasteiger partial charge in [-0.1, -0.05) is 60.7 Å². The Balaban J connectivity index is 2.30. The van der Waals surface area contributed by atoms with Gasteiger partial charge in [0.1, 0.15) is 0 Å². The molecule has 0 aliphatic heterocycles. The van der Waals surface area contributed by atoms with E-state index in [4.69, 9.17) is 4.74 Å². The Hall–Kier alpha value is -1.95. The lowest BCUT2D eigenvalue weighted by Crippen LogP contribution is -2.28. The van der Waals surface area contributed by atoms with Crippen LogP contribution in [0.5, 0.6) is 0 Å². The zero-order chi connectivity index (χ0) is 16.0. The lowest BCUT2D eigenvalue weighted by Gasteiger charge is -2.19. The Labute approximate surface area is 130 Å². The van der Waals surface area contributed by atoms with Gasteiger partial charge in [0.15, 0.2) is 13.5 Å².